The molecule has 11 aromatic rings. The molecule has 11 rings (SSSR count). The Morgan fingerprint density at radius 2 is 1.02 bits per heavy atom. The maximum atomic E-state index is 6.24. The predicted octanol–water partition coefficient (Wildman–Crippen LogP) is 15.6. The Morgan fingerprint density at radius 3 is 1.89 bits per heavy atom. The minimum atomic E-state index is 0.897. The van der Waals surface area contributed by atoms with Crippen LogP contribution in [0.3, 0.4) is 0 Å². The fourth-order valence-electron chi connectivity index (χ4n) is 8.21. The molecule has 0 bridgehead atoms. The highest BCUT2D eigenvalue weighted by molar-refractivity contribution is 7.26. The van der Waals surface area contributed by atoms with Gasteiger partial charge in [-0.05, 0) is 105 Å². The molecule has 0 atom stereocenters. The Morgan fingerprint density at radius 1 is 0.364 bits per heavy atom. The lowest BCUT2D eigenvalue weighted by Crippen LogP contribution is -2.10. The fourth-order valence-corrected chi connectivity index (χ4v) is 9.42. The van der Waals surface area contributed by atoms with E-state index < -0.39 is 0 Å². The average Bonchev–Trinajstić information content (AvgIpc) is 3.83. The third-order valence-corrected chi connectivity index (χ3v) is 12.1. The van der Waals surface area contributed by atoms with Gasteiger partial charge >= 0.3 is 0 Å². The SMILES string of the molecule is c1ccc(-c2cc(-c3ccc4oc5ccccc5c4c3)cc(N(c3ccc(-c4cccc5ccccc45)cc3)c3cccc4c3sc3ccccc34)c2)cc1. The maximum Gasteiger partial charge on any atom is 0.135 e. The van der Waals surface area contributed by atoms with Crippen molar-refractivity contribution >= 4 is 81.3 Å². The summed E-state index contributed by atoms with van der Waals surface area (Å²) in [5.74, 6) is 0. The smallest absolute Gasteiger partial charge is 0.135 e. The quantitative estimate of drug-likeness (QED) is 0.170. The van der Waals surface area contributed by atoms with Gasteiger partial charge in [-0.2, -0.15) is 0 Å². The van der Waals surface area contributed by atoms with Crippen molar-refractivity contribution in [1.82, 2.24) is 0 Å². The molecule has 3 heteroatoms. The van der Waals surface area contributed by atoms with Gasteiger partial charge in [0.2, 0.25) is 0 Å². The molecule has 0 N–H and O–H groups in total. The van der Waals surface area contributed by atoms with Crippen LogP contribution >= 0.6 is 11.3 Å². The number of nitrogens with zero attached hydrogens (tertiary/aromatic N) is 1. The molecule has 2 nitrogen and oxygen atoms in total. The predicted molar refractivity (Wildman–Crippen MR) is 235 cm³/mol. The number of hydrogen-bond acceptors (Lipinski definition) is 3. The number of hydrogen-bond donors (Lipinski definition) is 0. The van der Waals surface area contributed by atoms with Crippen LogP contribution in [0.2, 0.25) is 0 Å². The summed E-state index contributed by atoms with van der Waals surface area (Å²) >= 11 is 1.86. The Bertz CT molecular complexity index is 3200. The van der Waals surface area contributed by atoms with E-state index in [2.05, 4.69) is 193 Å². The van der Waals surface area contributed by atoms with Crippen LogP contribution in [0, 0.1) is 0 Å². The molecule has 0 aliphatic heterocycles. The monoisotopic (exact) mass is 719 g/mol. The van der Waals surface area contributed by atoms with Crippen LogP contribution in [0.4, 0.5) is 17.1 Å². The van der Waals surface area contributed by atoms with E-state index >= 15 is 0 Å². The number of anilines is 3. The van der Waals surface area contributed by atoms with Crippen molar-refractivity contribution in [2.75, 3.05) is 4.90 Å². The normalized spacial score (nSPS) is 11.6. The second kappa shape index (κ2) is 12.9. The van der Waals surface area contributed by atoms with Gasteiger partial charge in [0.05, 0.1) is 10.4 Å². The molecule has 55 heavy (non-hydrogen) atoms. The summed E-state index contributed by atoms with van der Waals surface area (Å²) in [6, 6.07) is 72.4. The van der Waals surface area contributed by atoms with E-state index in [4.69, 9.17) is 4.42 Å². The lowest BCUT2D eigenvalue weighted by molar-refractivity contribution is 0.669. The first-order valence-electron chi connectivity index (χ1n) is 18.7. The minimum Gasteiger partial charge on any atom is -0.456 e. The molecule has 0 spiro atoms. The van der Waals surface area contributed by atoms with E-state index in [1.54, 1.807) is 0 Å². The largest absolute Gasteiger partial charge is 0.456 e. The second-order valence-corrected chi connectivity index (χ2v) is 15.2. The maximum absolute atomic E-state index is 6.24. The molecule has 2 heterocycles. The third kappa shape index (κ3) is 5.40. The van der Waals surface area contributed by atoms with Gasteiger partial charge in [-0.3, -0.25) is 0 Å². The van der Waals surface area contributed by atoms with Crippen LogP contribution in [0.25, 0.3) is 86.3 Å². The third-order valence-electron chi connectivity index (χ3n) is 10.8. The molecular weight excluding hydrogens is 687 g/mol. The van der Waals surface area contributed by atoms with E-state index in [1.807, 2.05) is 23.5 Å². The second-order valence-electron chi connectivity index (χ2n) is 14.1. The number of fused-ring (bicyclic) bond motifs is 7. The van der Waals surface area contributed by atoms with Crippen molar-refractivity contribution in [3.63, 3.8) is 0 Å². The van der Waals surface area contributed by atoms with E-state index in [-0.39, 0.29) is 0 Å². The standard InChI is InChI=1S/C52H33NOS/c1-2-12-34(13-3-1)38-30-39(37-26-29-50-47(33-37)44-17-6-8-22-49(44)54-50)32-41(31-38)53(48-21-11-20-46-45-18-7-9-23-51(45)55-52(46)48)40-27-24-36(25-28-40)43-19-10-15-35-14-4-5-16-42(35)43/h1-33H. The first-order valence-corrected chi connectivity index (χ1v) is 19.5. The Kier molecular flexibility index (Phi) is 7.39. The Labute approximate surface area is 322 Å². The number of rotatable bonds is 6. The van der Waals surface area contributed by atoms with Crippen molar-refractivity contribution in [2.45, 2.75) is 0 Å². The van der Waals surface area contributed by atoms with Gasteiger partial charge in [-0.15, -0.1) is 11.3 Å². The average molecular weight is 720 g/mol. The fraction of sp³-hybridized carbons (Fsp3) is 0. The van der Waals surface area contributed by atoms with Gasteiger partial charge < -0.3 is 9.32 Å². The van der Waals surface area contributed by atoms with E-state index in [0.717, 1.165) is 55.7 Å². The summed E-state index contributed by atoms with van der Waals surface area (Å²) in [5, 5.41) is 7.31. The van der Waals surface area contributed by atoms with Crippen LogP contribution in [0.1, 0.15) is 0 Å². The van der Waals surface area contributed by atoms with Crippen LogP contribution in [0.5, 0.6) is 0 Å². The molecule has 2 aromatic heterocycles. The van der Waals surface area contributed by atoms with Crippen LogP contribution in [-0.4, -0.2) is 0 Å². The van der Waals surface area contributed by atoms with Gasteiger partial charge in [-0.1, -0.05) is 140 Å². The van der Waals surface area contributed by atoms with Gasteiger partial charge in [0.15, 0.2) is 0 Å². The number of thiophene rings is 1. The van der Waals surface area contributed by atoms with Gasteiger partial charge in [0.25, 0.3) is 0 Å². The molecule has 0 fully saturated rings. The Balaban J connectivity index is 1.15. The lowest BCUT2D eigenvalue weighted by atomic mass is 9.96. The summed E-state index contributed by atoms with van der Waals surface area (Å²) in [4.78, 5) is 2.45. The zero-order chi connectivity index (χ0) is 36.3. The summed E-state index contributed by atoms with van der Waals surface area (Å²) in [6.07, 6.45) is 0. The van der Waals surface area contributed by atoms with E-state index in [0.29, 0.717) is 0 Å². The molecule has 258 valence electrons. The molecule has 9 aromatic carbocycles. The van der Waals surface area contributed by atoms with Crippen LogP contribution < -0.4 is 4.90 Å². The highest BCUT2D eigenvalue weighted by Crippen LogP contribution is 2.47. The van der Waals surface area contributed by atoms with Crippen molar-refractivity contribution in [2.24, 2.45) is 0 Å². The Hall–Kier alpha value is -6.94. The first-order chi connectivity index (χ1) is 27.2. The minimum absolute atomic E-state index is 0.897. The highest BCUT2D eigenvalue weighted by Gasteiger charge is 2.20. The lowest BCUT2D eigenvalue weighted by Gasteiger charge is -2.27. The zero-order valence-electron chi connectivity index (χ0n) is 29.8. The first kappa shape index (κ1) is 31.6. The molecule has 0 aliphatic rings. The molecule has 0 aliphatic carbocycles. The van der Waals surface area contributed by atoms with E-state index in [1.165, 1.54) is 47.6 Å². The van der Waals surface area contributed by atoms with E-state index in [9.17, 15) is 0 Å². The van der Waals surface area contributed by atoms with Gasteiger partial charge in [0.1, 0.15) is 11.2 Å². The summed E-state index contributed by atoms with van der Waals surface area (Å²) < 4.78 is 8.79. The van der Waals surface area contributed by atoms with Crippen molar-refractivity contribution in [1.29, 1.82) is 0 Å². The van der Waals surface area contributed by atoms with Crippen molar-refractivity contribution in [3.05, 3.63) is 200 Å². The highest BCUT2D eigenvalue weighted by atomic mass is 32.1. The molecule has 0 unspecified atom stereocenters. The van der Waals surface area contributed by atoms with Crippen LogP contribution in [0.15, 0.2) is 205 Å². The number of furan rings is 1. The zero-order valence-corrected chi connectivity index (χ0v) is 30.6. The molecular formula is C52H33NOS. The van der Waals surface area contributed by atoms with Gasteiger partial charge in [-0.25, -0.2) is 0 Å². The van der Waals surface area contributed by atoms with Crippen molar-refractivity contribution < 1.29 is 4.42 Å². The number of benzene rings is 9. The summed E-state index contributed by atoms with van der Waals surface area (Å²) in [5.41, 5.74) is 12.2. The topological polar surface area (TPSA) is 16.4 Å². The molecule has 0 radical (unpaired) electrons. The molecule has 0 saturated carbocycles. The summed E-state index contributed by atoms with van der Waals surface area (Å²) in [6.45, 7) is 0. The van der Waals surface area contributed by atoms with Gasteiger partial charge in [0, 0.05) is 37.6 Å². The van der Waals surface area contributed by atoms with Crippen molar-refractivity contribution in [3.8, 4) is 33.4 Å². The van der Waals surface area contributed by atoms with Crippen LogP contribution in [-0.2, 0) is 0 Å². The number of para-hydroxylation sites is 1. The summed E-state index contributed by atoms with van der Waals surface area (Å²) in [7, 11) is 0. The molecule has 0 saturated heterocycles. The molecule has 0 amide bonds.